The zero-order valence-corrected chi connectivity index (χ0v) is 16.8. The number of hydrogen-bond donors (Lipinski definition) is 1. The second-order valence-corrected chi connectivity index (χ2v) is 7.16. The lowest BCUT2D eigenvalue weighted by Gasteiger charge is -2.13. The number of nitrogens with zero attached hydrogens (tertiary/aromatic N) is 3. The Morgan fingerprint density at radius 3 is 2.33 bits per heavy atom. The van der Waals surface area contributed by atoms with Crippen molar-refractivity contribution in [1.29, 1.82) is 0 Å². The third-order valence-corrected chi connectivity index (χ3v) is 4.41. The van der Waals surface area contributed by atoms with E-state index in [9.17, 15) is 9.59 Å². The highest BCUT2D eigenvalue weighted by atomic mass is 32.2. The number of anilines is 1. The number of esters is 1. The highest BCUT2D eigenvalue weighted by molar-refractivity contribution is 7.99. The van der Waals surface area contributed by atoms with Gasteiger partial charge in [0.1, 0.15) is 0 Å². The molecule has 0 fully saturated rings. The number of hydrogen-bond acceptors (Lipinski definition) is 7. The molecule has 2 aromatic rings. The van der Waals surface area contributed by atoms with Gasteiger partial charge in [-0.25, -0.2) is 9.97 Å². The molecule has 1 amide bonds. The lowest BCUT2D eigenvalue weighted by molar-refractivity contribution is -0.145. The average molecular weight is 388 g/mol. The number of carbonyl (C=O) groups is 2. The van der Waals surface area contributed by atoms with Crippen LogP contribution in [-0.4, -0.2) is 48.3 Å². The van der Waals surface area contributed by atoms with E-state index in [1.165, 1.54) is 11.8 Å². The van der Waals surface area contributed by atoms with E-state index in [-0.39, 0.29) is 18.3 Å². The Morgan fingerprint density at radius 2 is 1.74 bits per heavy atom. The van der Waals surface area contributed by atoms with Crippen LogP contribution in [0.3, 0.4) is 0 Å². The minimum Gasteiger partial charge on any atom is -0.455 e. The summed E-state index contributed by atoms with van der Waals surface area (Å²) in [5.41, 5.74) is 3.75. The van der Waals surface area contributed by atoms with Crippen molar-refractivity contribution in [2.24, 2.45) is 0 Å². The highest BCUT2D eigenvalue weighted by Gasteiger charge is 2.10. The number of rotatable bonds is 8. The number of aryl methyl sites for hydroxylation is 2. The van der Waals surface area contributed by atoms with Crippen LogP contribution in [0.25, 0.3) is 0 Å². The van der Waals surface area contributed by atoms with Crippen molar-refractivity contribution in [3.05, 3.63) is 47.3 Å². The van der Waals surface area contributed by atoms with Crippen molar-refractivity contribution in [1.82, 2.24) is 15.3 Å². The van der Waals surface area contributed by atoms with E-state index in [2.05, 4.69) is 15.3 Å². The number of thioether (sulfide) groups is 1. The van der Waals surface area contributed by atoms with E-state index in [4.69, 9.17) is 4.74 Å². The summed E-state index contributed by atoms with van der Waals surface area (Å²) in [5.74, 6) is -0.761. The molecule has 0 bridgehead atoms. The summed E-state index contributed by atoms with van der Waals surface area (Å²) in [6.45, 7) is 3.82. The maximum Gasteiger partial charge on any atom is 0.316 e. The Balaban J connectivity index is 1.69. The Labute approximate surface area is 163 Å². The molecule has 0 unspecified atom stereocenters. The van der Waals surface area contributed by atoms with Gasteiger partial charge in [0.15, 0.2) is 11.8 Å². The van der Waals surface area contributed by atoms with Crippen LogP contribution < -0.4 is 10.2 Å². The van der Waals surface area contributed by atoms with Crippen LogP contribution in [0.4, 0.5) is 5.69 Å². The molecule has 0 aliphatic heterocycles. The van der Waals surface area contributed by atoms with Crippen LogP contribution in [0.5, 0.6) is 0 Å². The lowest BCUT2D eigenvalue weighted by atomic mass is 10.2. The highest BCUT2D eigenvalue weighted by Crippen LogP contribution is 2.14. The van der Waals surface area contributed by atoms with E-state index in [0.29, 0.717) is 11.7 Å². The molecule has 1 aromatic heterocycles. The van der Waals surface area contributed by atoms with Gasteiger partial charge in [0.05, 0.1) is 5.75 Å². The summed E-state index contributed by atoms with van der Waals surface area (Å²) in [4.78, 5) is 34.1. The number of amides is 1. The lowest BCUT2D eigenvalue weighted by Crippen LogP contribution is -2.28. The van der Waals surface area contributed by atoms with E-state index in [1.54, 1.807) is 0 Å². The summed E-state index contributed by atoms with van der Waals surface area (Å²) in [7, 11) is 3.94. The molecule has 0 aliphatic rings. The monoisotopic (exact) mass is 388 g/mol. The second kappa shape index (κ2) is 9.91. The fourth-order valence-electron chi connectivity index (χ4n) is 2.23. The van der Waals surface area contributed by atoms with Gasteiger partial charge in [0.2, 0.25) is 0 Å². The molecule has 1 N–H and O–H groups in total. The molecule has 0 aliphatic carbocycles. The molecule has 2 rings (SSSR count). The molecular formula is C19H24N4O3S. The second-order valence-electron chi connectivity index (χ2n) is 6.22. The molecule has 8 heteroatoms. The molecule has 1 aromatic carbocycles. The minimum atomic E-state index is -0.478. The summed E-state index contributed by atoms with van der Waals surface area (Å²) >= 11 is 1.19. The van der Waals surface area contributed by atoms with Crippen LogP contribution in [0.2, 0.25) is 0 Å². The smallest absolute Gasteiger partial charge is 0.316 e. The quantitative estimate of drug-likeness (QED) is 0.421. The number of carbonyl (C=O) groups excluding carboxylic acids is 2. The first kappa shape index (κ1) is 20.7. The Hall–Kier alpha value is -2.61. The van der Waals surface area contributed by atoms with E-state index in [1.807, 2.05) is 63.2 Å². The first-order valence-corrected chi connectivity index (χ1v) is 9.45. The summed E-state index contributed by atoms with van der Waals surface area (Å²) < 4.78 is 4.99. The molecule has 0 saturated heterocycles. The van der Waals surface area contributed by atoms with Gasteiger partial charge in [-0.15, -0.1) is 0 Å². The minimum absolute atomic E-state index is 0.0577. The Bertz CT molecular complexity index is 774. The van der Waals surface area contributed by atoms with Crippen LogP contribution in [0.15, 0.2) is 35.5 Å². The molecule has 1 heterocycles. The molecule has 7 nitrogen and oxygen atoms in total. The van der Waals surface area contributed by atoms with Crippen LogP contribution in [0.1, 0.15) is 17.0 Å². The van der Waals surface area contributed by atoms with Crippen molar-refractivity contribution in [3.8, 4) is 0 Å². The van der Waals surface area contributed by atoms with Crippen molar-refractivity contribution in [2.45, 2.75) is 25.5 Å². The summed E-state index contributed by atoms with van der Waals surface area (Å²) in [6, 6.07) is 9.71. The molecule has 0 saturated carbocycles. The van der Waals surface area contributed by atoms with Crippen LogP contribution in [-0.2, 0) is 20.9 Å². The molecule has 144 valence electrons. The van der Waals surface area contributed by atoms with Crippen molar-refractivity contribution in [3.63, 3.8) is 0 Å². The van der Waals surface area contributed by atoms with E-state index < -0.39 is 5.97 Å². The molecular weight excluding hydrogens is 364 g/mol. The molecule has 0 spiro atoms. The Morgan fingerprint density at radius 1 is 1.11 bits per heavy atom. The predicted octanol–water partition coefficient (Wildman–Crippen LogP) is 2.11. The predicted molar refractivity (Wildman–Crippen MR) is 106 cm³/mol. The van der Waals surface area contributed by atoms with Crippen LogP contribution >= 0.6 is 11.8 Å². The summed E-state index contributed by atoms with van der Waals surface area (Å²) in [5, 5.41) is 3.25. The maximum absolute atomic E-state index is 11.8. The zero-order chi connectivity index (χ0) is 19.8. The number of aromatic nitrogens is 2. The van der Waals surface area contributed by atoms with Gasteiger partial charge in [0.25, 0.3) is 5.91 Å². The van der Waals surface area contributed by atoms with Crippen LogP contribution in [0, 0.1) is 13.8 Å². The SMILES string of the molecule is Cc1cc(C)nc(SCC(=O)OCC(=O)NCc2ccc(N(C)C)cc2)n1. The maximum atomic E-state index is 11.8. The van der Waals surface area contributed by atoms with Crippen molar-refractivity contribution >= 4 is 29.3 Å². The Kier molecular flexibility index (Phi) is 7.60. The largest absolute Gasteiger partial charge is 0.455 e. The van der Waals surface area contributed by atoms with Gasteiger partial charge >= 0.3 is 5.97 Å². The topological polar surface area (TPSA) is 84.4 Å². The molecule has 0 radical (unpaired) electrons. The number of nitrogens with one attached hydrogen (secondary N) is 1. The van der Waals surface area contributed by atoms with E-state index >= 15 is 0 Å². The first-order valence-electron chi connectivity index (χ1n) is 8.47. The standard InChI is InChI=1S/C19H24N4O3S/c1-13-9-14(2)22-19(21-13)27-12-18(25)26-11-17(24)20-10-15-5-7-16(8-6-15)23(3)4/h5-9H,10-12H2,1-4H3,(H,20,24). The first-order chi connectivity index (χ1) is 12.8. The third kappa shape index (κ3) is 7.26. The number of ether oxygens (including phenoxy) is 1. The average Bonchev–Trinajstić information content (AvgIpc) is 2.62. The fraction of sp³-hybridized carbons (Fsp3) is 0.368. The molecule has 0 atom stereocenters. The van der Waals surface area contributed by atoms with Crippen molar-refractivity contribution < 1.29 is 14.3 Å². The molecule has 27 heavy (non-hydrogen) atoms. The van der Waals surface area contributed by atoms with Gasteiger partial charge in [-0.3, -0.25) is 9.59 Å². The van der Waals surface area contributed by atoms with Gasteiger partial charge < -0.3 is 15.0 Å². The fourth-order valence-corrected chi connectivity index (χ4v) is 2.98. The van der Waals surface area contributed by atoms with Crippen molar-refractivity contribution in [2.75, 3.05) is 31.4 Å². The van der Waals surface area contributed by atoms with E-state index in [0.717, 1.165) is 22.6 Å². The van der Waals surface area contributed by atoms with Gasteiger partial charge in [-0.2, -0.15) is 0 Å². The van der Waals surface area contributed by atoms with Gasteiger partial charge in [-0.05, 0) is 37.6 Å². The number of benzene rings is 1. The van der Waals surface area contributed by atoms with Gasteiger partial charge in [-0.1, -0.05) is 23.9 Å². The van der Waals surface area contributed by atoms with Gasteiger partial charge in [0, 0.05) is 37.7 Å². The zero-order valence-electron chi connectivity index (χ0n) is 16.0. The normalized spacial score (nSPS) is 10.4. The summed E-state index contributed by atoms with van der Waals surface area (Å²) in [6.07, 6.45) is 0. The third-order valence-electron chi connectivity index (χ3n) is 3.59.